The summed E-state index contributed by atoms with van der Waals surface area (Å²) in [5, 5.41) is 15.2. The minimum atomic E-state index is -0.528. The minimum Gasteiger partial charge on any atom is -0.619 e. The van der Waals surface area contributed by atoms with Crippen LogP contribution in [0.5, 0.6) is 0 Å². The first-order chi connectivity index (χ1) is 14.2. The first-order valence-corrected chi connectivity index (χ1v) is 11.3. The topological polar surface area (TPSA) is 78.2 Å². The number of nitrogens with one attached hydrogen (secondary N) is 1. The van der Waals surface area contributed by atoms with Crippen LogP contribution in [0.4, 0.5) is 4.79 Å². The van der Waals surface area contributed by atoms with Crippen LogP contribution < -0.4 is 10.0 Å². The van der Waals surface area contributed by atoms with Gasteiger partial charge in [0.2, 0.25) is 0 Å². The van der Waals surface area contributed by atoms with Crippen molar-refractivity contribution in [3.05, 3.63) is 64.7 Å². The molecule has 0 fully saturated rings. The van der Waals surface area contributed by atoms with Gasteiger partial charge in [-0.2, -0.15) is 4.73 Å². The molecule has 3 rings (SSSR count). The third-order valence-electron chi connectivity index (χ3n) is 4.02. The van der Waals surface area contributed by atoms with Crippen molar-refractivity contribution in [2.24, 2.45) is 0 Å². The fourth-order valence-electron chi connectivity index (χ4n) is 2.72. The molecule has 0 unspecified atom stereocenters. The minimum absolute atomic E-state index is 0.327. The summed E-state index contributed by atoms with van der Waals surface area (Å²) >= 11 is 3.16. The summed E-state index contributed by atoms with van der Waals surface area (Å²) in [7, 11) is 0. The Kier molecular flexibility index (Phi) is 6.99. The zero-order valence-corrected chi connectivity index (χ0v) is 19.1. The number of amides is 1. The maximum atomic E-state index is 11.8. The van der Waals surface area contributed by atoms with Crippen molar-refractivity contribution in [3.8, 4) is 11.1 Å². The van der Waals surface area contributed by atoms with Crippen molar-refractivity contribution in [2.45, 2.75) is 55.4 Å². The number of aromatic nitrogens is 2. The van der Waals surface area contributed by atoms with Crippen LogP contribution in [0.2, 0.25) is 0 Å². The predicted molar refractivity (Wildman–Crippen MR) is 120 cm³/mol. The molecule has 8 heteroatoms. The van der Waals surface area contributed by atoms with Crippen LogP contribution in [-0.4, -0.2) is 16.7 Å². The SMILES string of the molecule is CCc1cc(Sc2cnc(CNC(=O)OC(C)(C)C)s2)cc(-c2ccc[n+]([O-])c2)c1. The van der Waals surface area contributed by atoms with Crippen molar-refractivity contribution in [1.29, 1.82) is 0 Å². The first kappa shape index (κ1) is 22.1. The van der Waals surface area contributed by atoms with Gasteiger partial charge in [-0.25, -0.2) is 9.78 Å². The van der Waals surface area contributed by atoms with E-state index in [2.05, 4.69) is 35.4 Å². The molecule has 0 atom stereocenters. The molecule has 0 saturated carbocycles. The molecule has 0 aliphatic rings. The Hall–Kier alpha value is -2.58. The number of nitrogens with zero attached hydrogens (tertiary/aromatic N) is 2. The van der Waals surface area contributed by atoms with E-state index in [1.807, 2.05) is 33.0 Å². The molecule has 0 aliphatic carbocycles. The molecule has 30 heavy (non-hydrogen) atoms. The molecule has 1 aromatic carbocycles. The number of rotatable bonds is 6. The summed E-state index contributed by atoms with van der Waals surface area (Å²) in [5.74, 6) is 0. The molecule has 0 radical (unpaired) electrons. The number of thiazole rings is 1. The Bertz CT molecular complexity index is 1030. The van der Waals surface area contributed by atoms with Crippen LogP contribution in [0.3, 0.4) is 0 Å². The number of carbonyl (C=O) groups excluding carboxylic acids is 1. The van der Waals surface area contributed by atoms with Gasteiger partial charge in [-0.3, -0.25) is 0 Å². The van der Waals surface area contributed by atoms with Crippen molar-refractivity contribution in [3.63, 3.8) is 0 Å². The predicted octanol–water partition coefficient (Wildman–Crippen LogP) is 5.18. The van der Waals surface area contributed by atoms with Crippen LogP contribution >= 0.6 is 23.1 Å². The van der Waals surface area contributed by atoms with Crippen LogP contribution in [0.25, 0.3) is 11.1 Å². The first-order valence-electron chi connectivity index (χ1n) is 9.64. The third kappa shape index (κ3) is 6.47. The molecular formula is C22H25N3O3S2. The molecule has 1 amide bonds. The van der Waals surface area contributed by atoms with Gasteiger partial charge in [-0.1, -0.05) is 24.8 Å². The molecule has 0 aliphatic heterocycles. The summed E-state index contributed by atoms with van der Waals surface area (Å²) in [6.07, 6.45) is 5.32. The zero-order valence-electron chi connectivity index (χ0n) is 17.5. The maximum absolute atomic E-state index is 11.8. The molecule has 0 saturated heterocycles. The van der Waals surface area contributed by atoms with E-state index in [1.54, 1.807) is 24.0 Å². The fraction of sp³-hybridized carbons (Fsp3) is 0.318. The largest absolute Gasteiger partial charge is 0.619 e. The number of hydrogen-bond donors (Lipinski definition) is 1. The van der Waals surface area contributed by atoms with Gasteiger partial charge in [0, 0.05) is 16.5 Å². The molecule has 3 aromatic rings. The molecule has 2 aromatic heterocycles. The third-order valence-corrected chi connectivity index (χ3v) is 6.09. The number of ether oxygens (including phenoxy) is 1. The van der Waals surface area contributed by atoms with E-state index in [9.17, 15) is 10.0 Å². The van der Waals surface area contributed by atoms with Crippen molar-refractivity contribution < 1.29 is 14.3 Å². The van der Waals surface area contributed by atoms with Crippen LogP contribution in [0, 0.1) is 5.21 Å². The van der Waals surface area contributed by atoms with Gasteiger partial charge in [-0.15, -0.1) is 11.3 Å². The second-order valence-corrected chi connectivity index (χ2v) is 10.2. The lowest BCUT2D eigenvalue weighted by Crippen LogP contribution is -2.32. The Morgan fingerprint density at radius 1 is 1.30 bits per heavy atom. The van der Waals surface area contributed by atoms with E-state index >= 15 is 0 Å². The van der Waals surface area contributed by atoms with Gasteiger partial charge >= 0.3 is 6.09 Å². The van der Waals surface area contributed by atoms with E-state index in [-0.39, 0.29) is 0 Å². The number of hydrogen-bond acceptors (Lipinski definition) is 6. The molecule has 158 valence electrons. The van der Waals surface area contributed by atoms with Gasteiger partial charge < -0.3 is 15.3 Å². The van der Waals surface area contributed by atoms with Crippen molar-refractivity contribution in [1.82, 2.24) is 10.3 Å². The van der Waals surface area contributed by atoms with E-state index in [0.29, 0.717) is 6.54 Å². The van der Waals surface area contributed by atoms with Gasteiger partial charge in [0.05, 0.1) is 17.0 Å². The van der Waals surface area contributed by atoms with Crippen molar-refractivity contribution >= 4 is 29.2 Å². The Balaban J connectivity index is 1.71. The van der Waals surface area contributed by atoms with Crippen molar-refractivity contribution in [2.75, 3.05) is 0 Å². The summed E-state index contributed by atoms with van der Waals surface area (Å²) < 4.78 is 7.09. The molecule has 0 bridgehead atoms. The van der Waals surface area contributed by atoms with E-state index in [0.717, 1.165) is 36.4 Å². The van der Waals surface area contributed by atoms with E-state index < -0.39 is 11.7 Å². The van der Waals surface area contributed by atoms with Crippen LogP contribution in [0.1, 0.15) is 38.3 Å². The van der Waals surface area contributed by atoms with Gasteiger partial charge in [-0.05, 0) is 56.5 Å². The second kappa shape index (κ2) is 9.49. The number of pyridine rings is 1. The lowest BCUT2D eigenvalue weighted by atomic mass is 10.0. The van der Waals surface area contributed by atoms with E-state index in [4.69, 9.17) is 4.74 Å². The smallest absolute Gasteiger partial charge is 0.408 e. The summed E-state index contributed by atoms with van der Waals surface area (Å²) in [4.78, 5) is 17.3. The lowest BCUT2D eigenvalue weighted by Gasteiger charge is -2.19. The molecule has 0 spiro atoms. The normalized spacial score (nSPS) is 11.3. The fourth-order valence-corrected chi connectivity index (χ4v) is 4.78. The van der Waals surface area contributed by atoms with Gasteiger partial charge in [0.15, 0.2) is 12.4 Å². The quantitative estimate of drug-likeness (QED) is 0.419. The lowest BCUT2D eigenvalue weighted by molar-refractivity contribution is -0.604. The number of carbonyl (C=O) groups is 1. The average molecular weight is 444 g/mol. The van der Waals surface area contributed by atoms with Gasteiger partial charge in [0.1, 0.15) is 10.6 Å². The molecular weight excluding hydrogens is 418 g/mol. The number of benzene rings is 1. The summed E-state index contributed by atoms with van der Waals surface area (Å²) in [5.41, 5.74) is 2.57. The second-order valence-electron chi connectivity index (χ2n) is 7.70. The van der Waals surface area contributed by atoms with Gasteiger partial charge in [0.25, 0.3) is 0 Å². The number of alkyl carbamates (subject to hydrolysis) is 1. The average Bonchev–Trinajstić information content (AvgIpc) is 3.12. The van der Waals surface area contributed by atoms with Crippen LogP contribution in [0.15, 0.2) is 58.0 Å². The Morgan fingerprint density at radius 3 is 2.80 bits per heavy atom. The standard InChI is InChI=1S/C22H25N3O3S2/c1-5-15-9-17(16-7-6-8-25(27)14-16)11-18(10-15)29-20-13-23-19(30-20)12-24-21(26)28-22(2,3)4/h6-11,13-14H,5,12H2,1-4H3,(H,24,26). The summed E-state index contributed by atoms with van der Waals surface area (Å²) in [6.45, 7) is 7.92. The maximum Gasteiger partial charge on any atom is 0.408 e. The summed E-state index contributed by atoms with van der Waals surface area (Å²) in [6, 6.07) is 10.0. The Morgan fingerprint density at radius 2 is 2.10 bits per heavy atom. The highest BCUT2D eigenvalue weighted by atomic mass is 32.2. The van der Waals surface area contributed by atoms with E-state index in [1.165, 1.54) is 23.1 Å². The Labute approximate surface area is 184 Å². The highest BCUT2D eigenvalue weighted by molar-refractivity contribution is 8.01. The number of aryl methyl sites for hydroxylation is 1. The molecule has 1 N–H and O–H groups in total. The highest BCUT2D eigenvalue weighted by Gasteiger charge is 2.16. The molecule has 2 heterocycles. The molecule has 6 nitrogen and oxygen atoms in total. The highest BCUT2D eigenvalue weighted by Crippen LogP contribution is 2.35. The van der Waals surface area contributed by atoms with Crippen LogP contribution in [-0.2, 0) is 17.7 Å². The monoisotopic (exact) mass is 443 g/mol. The zero-order chi connectivity index (χ0) is 21.7.